The van der Waals surface area contributed by atoms with Gasteiger partial charge in [0, 0.05) is 12.4 Å². The molecule has 0 aliphatic carbocycles. The summed E-state index contributed by atoms with van der Waals surface area (Å²) in [5, 5.41) is 14.4. The Morgan fingerprint density at radius 1 is 1.60 bits per heavy atom. The Morgan fingerprint density at radius 2 is 2.30 bits per heavy atom. The number of amides is 2. The summed E-state index contributed by atoms with van der Waals surface area (Å²) in [4.78, 5) is 15.5. The van der Waals surface area contributed by atoms with Gasteiger partial charge in [-0.2, -0.15) is 8.78 Å². The summed E-state index contributed by atoms with van der Waals surface area (Å²) in [6.45, 7) is 0.653. The van der Waals surface area contributed by atoms with Gasteiger partial charge in [-0.25, -0.2) is 9.78 Å². The van der Waals surface area contributed by atoms with E-state index in [4.69, 9.17) is 0 Å². The first-order chi connectivity index (χ1) is 9.41. The van der Waals surface area contributed by atoms with E-state index in [1.54, 1.807) is 6.92 Å². The van der Waals surface area contributed by atoms with Crippen molar-refractivity contribution in [2.24, 2.45) is 0 Å². The summed E-state index contributed by atoms with van der Waals surface area (Å²) >= 11 is 0. The van der Waals surface area contributed by atoms with Crippen molar-refractivity contribution in [3.63, 3.8) is 0 Å². The predicted molar refractivity (Wildman–Crippen MR) is 69.3 cm³/mol. The fourth-order valence-corrected chi connectivity index (χ4v) is 1.87. The number of aliphatic hydroxyl groups is 1. The molecule has 1 atom stereocenters. The summed E-state index contributed by atoms with van der Waals surface area (Å²) in [5.74, 6) is 0.0661. The highest BCUT2D eigenvalue weighted by molar-refractivity contribution is 5.74. The van der Waals surface area contributed by atoms with Crippen molar-refractivity contribution in [3.05, 3.63) is 18.2 Å². The molecule has 0 fully saturated rings. The van der Waals surface area contributed by atoms with Crippen LogP contribution >= 0.6 is 0 Å². The molecule has 0 spiro atoms. The van der Waals surface area contributed by atoms with Crippen molar-refractivity contribution in [2.75, 3.05) is 6.61 Å². The summed E-state index contributed by atoms with van der Waals surface area (Å²) in [6, 6.07) is -0.529. The number of carbonyl (C=O) groups is 1. The van der Waals surface area contributed by atoms with E-state index < -0.39 is 18.1 Å². The van der Waals surface area contributed by atoms with Gasteiger partial charge in [-0.05, 0) is 13.3 Å². The standard InChI is InChI=1S/C12H20F2N4O2/c1-3-4-12(2,8-19)17-11(20)16-7-9-15-5-6-18(9)10(13)14/h5-6,10,19H,3-4,7-8H2,1-2H3,(H2,16,17,20). The van der Waals surface area contributed by atoms with Gasteiger partial charge in [-0.1, -0.05) is 13.3 Å². The number of hydrogen-bond donors (Lipinski definition) is 3. The monoisotopic (exact) mass is 290 g/mol. The first kappa shape index (κ1) is 16.4. The highest BCUT2D eigenvalue weighted by Gasteiger charge is 2.24. The third-order valence-corrected chi connectivity index (χ3v) is 2.93. The van der Waals surface area contributed by atoms with Gasteiger partial charge in [-0.15, -0.1) is 0 Å². The molecule has 3 N–H and O–H groups in total. The minimum absolute atomic E-state index is 0.0661. The topological polar surface area (TPSA) is 79.2 Å². The minimum Gasteiger partial charge on any atom is -0.394 e. The Morgan fingerprint density at radius 3 is 2.85 bits per heavy atom. The van der Waals surface area contributed by atoms with Crippen LogP contribution in [0, 0.1) is 0 Å². The second-order valence-electron chi connectivity index (χ2n) is 4.80. The Bertz CT molecular complexity index is 439. The number of alkyl halides is 2. The lowest BCUT2D eigenvalue weighted by Gasteiger charge is -2.28. The van der Waals surface area contributed by atoms with E-state index in [1.165, 1.54) is 6.20 Å². The molecule has 2 amide bonds. The summed E-state index contributed by atoms with van der Waals surface area (Å²) < 4.78 is 25.8. The fourth-order valence-electron chi connectivity index (χ4n) is 1.87. The fraction of sp³-hybridized carbons (Fsp3) is 0.667. The smallest absolute Gasteiger partial charge is 0.319 e. The van der Waals surface area contributed by atoms with Crippen LogP contribution in [-0.4, -0.2) is 32.8 Å². The van der Waals surface area contributed by atoms with Crippen LogP contribution in [0.25, 0.3) is 0 Å². The third kappa shape index (κ3) is 4.44. The zero-order valence-corrected chi connectivity index (χ0v) is 11.6. The van der Waals surface area contributed by atoms with Crippen molar-refractivity contribution in [3.8, 4) is 0 Å². The normalized spacial score (nSPS) is 14.1. The van der Waals surface area contributed by atoms with E-state index in [1.807, 2.05) is 6.92 Å². The summed E-state index contributed by atoms with van der Waals surface area (Å²) in [6.07, 6.45) is 3.81. The molecule has 1 aromatic rings. The highest BCUT2D eigenvalue weighted by Crippen LogP contribution is 2.13. The van der Waals surface area contributed by atoms with Crippen LogP contribution in [0.3, 0.4) is 0 Å². The number of nitrogens with one attached hydrogen (secondary N) is 2. The molecule has 114 valence electrons. The van der Waals surface area contributed by atoms with Crippen LogP contribution in [0.5, 0.6) is 0 Å². The Kier molecular flexibility index (Phi) is 5.87. The van der Waals surface area contributed by atoms with Gasteiger partial charge in [0.25, 0.3) is 0 Å². The van der Waals surface area contributed by atoms with Crippen LogP contribution in [0.4, 0.5) is 13.6 Å². The number of rotatable bonds is 7. The van der Waals surface area contributed by atoms with Crippen LogP contribution < -0.4 is 10.6 Å². The molecular formula is C12H20F2N4O2. The van der Waals surface area contributed by atoms with Gasteiger partial charge in [0.15, 0.2) is 0 Å². The lowest BCUT2D eigenvalue weighted by Crippen LogP contribution is -2.52. The van der Waals surface area contributed by atoms with Crippen LogP contribution in [-0.2, 0) is 6.54 Å². The van der Waals surface area contributed by atoms with E-state index >= 15 is 0 Å². The number of aromatic nitrogens is 2. The molecule has 1 heterocycles. The molecule has 1 rings (SSSR count). The van der Waals surface area contributed by atoms with Gasteiger partial charge in [0.1, 0.15) is 5.82 Å². The Balaban J connectivity index is 2.53. The molecule has 0 aliphatic rings. The van der Waals surface area contributed by atoms with Gasteiger partial charge < -0.3 is 15.7 Å². The molecule has 8 heteroatoms. The zero-order chi connectivity index (χ0) is 15.2. The van der Waals surface area contributed by atoms with Crippen molar-refractivity contribution in [1.82, 2.24) is 20.2 Å². The number of hydrogen-bond acceptors (Lipinski definition) is 3. The highest BCUT2D eigenvalue weighted by atomic mass is 19.3. The van der Waals surface area contributed by atoms with E-state index in [0.29, 0.717) is 11.0 Å². The van der Waals surface area contributed by atoms with E-state index in [9.17, 15) is 18.7 Å². The lowest BCUT2D eigenvalue weighted by atomic mass is 9.98. The largest absolute Gasteiger partial charge is 0.394 e. The number of imidazole rings is 1. The minimum atomic E-state index is -2.69. The quantitative estimate of drug-likeness (QED) is 0.714. The maximum atomic E-state index is 12.6. The second-order valence-corrected chi connectivity index (χ2v) is 4.80. The SMILES string of the molecule is CCCC(C)(CO)NC(=O)NCc1nccn1C(F)F. The summed E-state index contributed by atoms with van der Waals surface area (Å²) in [5.41, 5.74) is -0.725. The average Bonchev–Trinajstić information content (AvgIpc) is 2.85. The maximum Gasteiger partial charge on any atom is 0.319 e. The van der Waals surface area contributed by atoms with Gasteiger partial charge in [-0.3, -0.25) is 4.57 Å². The van der Waals surface area contributed by atoms with Crippen LogP contribution in [0.2, 0.25) is 0 Å². The molecule has 0 saturated carbocycles. The second kappa shape index (κ2) is 7.18. The summed E-state index contributed by atoms with van der Waals surface area (Å²) in [7, 11) is 0. The number of carbonyl (C=O) groups excluding carboxylic acids is 1. The molecule has 0 saturated heterocycles. The average molecular weight is 290 g/mol. The van der Waals surface area contributed by atoms with Gasteiger partial charge in [0.2, 0.25) is 0 Å². The molecule has 20 heavy (non-hydrogen) atoms. The Labute approximate surface area is 116 Å². The van der Waals surface area contributed by atoms with Crippen LogP contribution in [0.15, 0.2) is 12.4 Å². The van der Waals surface area contributed by atoms with E-state index in [2.05, 4.69) is 15.6 Å². The number of halogens is 2. The van der Waals surface area contributed by atoms with Gasteiger partial charge >= 0.3 is 12.6 Å². The molecule has 0 radical (unpaired) electrons. The van der Waals surface area contributed by atoms with E-state index in [0.717, 1.165) is 12.6 Å². The first-order valence-corrected chi connectivity index (χ1v) is 6.38. The lowest BCUT2D eigenvalue weighted by molar-refractivity contribution is 0.0666. The zero-order valence-electron chi connectivity index (χ0n) is 11.6. The molecule has 6 nitrogen and oxygen atoms in total. The van der Waals surface area contributed by atoms with Crippen molar-refractivity contribution in [2.45, 2.75) is 45.3 Å². The third-order valence-electron chi connectivity index (χ3n) is 2.93. The molecule has 0 aromatic carbocycles. The molecule has 1 aromatic heterocycles. The van der Waals surface area contributed by atoms with Crippen molar-refractivity contribution in [1.29, 1.82) is 0 Å². The van der Waals surface area contributed by atoms with Crippen LogP contribution in [0.1, 0.15) is 39.1 Å². The number of urea groups is 1. The van der Waals surface area contributed by atoms with Crippen molar-refractivity contribution >= 4 is 6.03 Å². The molecule has 0 bridgehead atoms. The number of nitrogens with zero attached hydrogens (tertiary/aromatic N) is 2. The molecule has 0 aliphatic heterocycles. The van der Waals surface area contributed by atoms with E-state index in [-0.39, 0.29) is 19.0 Å². The number of aliphatic hydroxyl groups excluding tert-OH is 1. The van der Waals surface area contributed by atoms with Gasteiger partial charge in [0.05, 0.1) is 18.7 Å². The maximum absolute atomic E-state index is 12.6. The first-order valence-electron chi connectivity index (χ1n) is 6.38. The van der Waals surface area contributed by atoms with Crippen molar-refractivity contribution < 1.29 is 18.7 Å². The Hall–Kier alpha value is -1.70. The molecular weight excluding hydrogens is 270 g/mol. The predicted octanol–water partition coefficient (Wildman–Crippen LogP) is 1.63. The molecule has 1 unspecified atom stereocenters.